The summed E-state index contributed by atoms with van der Waals surface area (Å²) in [6, 6.07) is 2.77. The van der Waals surface area contributed by atoms with Crippen LogP contribution in [0, 0.1) is 20.8 Å². The van der Waals surface area contributed by atoms with Crippen molar-refractivity contribution in [1.29, 1.82) is 0 Å². The van der Waals surface area contributed by atoms with Gasteiger partial charge >= 0.3 is 0 Å². The summed E-state index contributed by atoms with van der Waals surface area (Å²) in [6.45, 7) is 10.2. The Morgan fingerprint density at radius 2 is 2.19 bits per heavy atom. The third kappa shape index (κ3) is 2.85. The van der Waals surface area contributed by atoms with Crippen LogP contribution in [-0.4, -0.2) is 37.4 Å². The summed E-state index contributed by atoms with van der Waals surface area (Å²) >= 11 is 0. The predicted octanol–water partition coefficient (Wildman–Crippen LogP) is 2.42. The SMILES string of the molecule is Cc1cc(C)n(C[C@@H]2CCCN2[C@@H](C)c2nc(C)no2)n1. The molecule has 0 saturated carbocycles. The van der Waals surface area contributed by atoms with E-state index in [9.17, 15) is 0 Å². The molecule has 2 aromatic rings. The first kappa shape index (κ1) is 14.3. The Labute approximate surface area is 125 Å². The lowest BCUT2D eigenvalue weighted by molar-refractivity contribution is 0.144. The summed E-state index contributed by atoms with van der Waals surface area (Å²) in [5, 5.41) is 8.49. The van der Waals surface area contributed by atoms with Gasteiger partial charge in [-0.2, -0.15) is 10.1 Å². The Bertz CT molecular complexity index is 617. The largest absolute Gasteiger partial charge is 0.338 e. The molecule has 3 heterocycles. The zero-order valence-electron chi connectivity index (χ0n) is 13.2. The molecule has 3 rings (SSSR count). The van der Waals surface area contributed by atoms with Gasteiger partial charge in [0.05, 0.1) is 18.3 Å². The van der Waals surface area contributed by atoms with Crippen LogP contribution >= 0.6 is 0 Å². The van der Waals surface area contributed by atoms with E-state index >= 15 is 0 Å². The number of aromatic nitrogens is 4. The lowest BCUT2D eigenvalue weighted by Crippen LogP contribution is -2.35. The maximum absolute atomic E-state index is 5.34. The van der Waals surface area contributed by atoms with Crippen molar-refractivity contribution >= 4 is 0 Å². The molecule has 2 atom stereocenters. The fourth-order valence-electron chi connectivity index (χ4n) is 3.25. The zero-order chi connectivity index (χ0) is 15.0. The molecule has 1 saturated heterocycles. The molecule has 21 heavy (non-hydrogen) atoms. The number of likely N-dealkylation sites (tertiary alicyclic amines) is 1. The second kappa shape index (κ2) is 5.60. The molecule has 6 nitrogen and oxygen atoms in total. The normalized spacial score (nSPS) is 21.0. The minimum absolute atomic E-state index is 0.163. The molecule has 1 aliphatic rings. The molecule has 6 heteroatoms. The van der Waals surface area contributed by atoms with Crippen LogP contribution in [0.5, 0.6) is 0 Å². The minimum Gasteiger partial charge on any atom is -0.338 e. The van der Waals surface area contributed by atoms with Crippen molar-refractivity contribution in [3.8, 4) is 0 Å². The second-order valence-corrected chi connectivity index (χ2v) is 6.00. The van der Waals surface area contributed by atoms with E-state index in [-0.39, 0.29) is 6.04 Å². The highest BCUT2D eigenvalue weighted by atomic mass is 16.5. The Morgan fingerprint density at radius 1 is 1.38 bits per heavy atom. The van der Waals surface area contributed by atoms with E-state index in [0.29, 0.717) is 17.8 Å². The van der Waals surface area contributed by atoms with Gasteiger partial charge in [0.1, 0.15) is 0 Å². The van der Waals surface area contributed by atoms with E-state index in [1.165, 1.54) is 18.5 Å². The molecule has 0 bridgehead atoms. The summed E-state index contributed by atoms with van der Waals surface area (Å²) in [5.74, 6) is 1.42. The van der Waals surface area contributed by atoms with Crippen molar-refractivity contribution in [2.24, 2.45) is 0 Å². The molecule has 0 radical (unpaired) electrons. The fourth-order valence-corrected chi connectivity index (χ4v) is 3.25. The van der Waals surface area contributed by atoms with E-state index in [0.717, 1.165) is 18.8 Å². The monoisotopic (exact) mass is 289 g/mol. The first-order chi connectivity index (χ1) is 10.0. The molecular formula is C15H23N5O. The highest BCUT2D eigenvalue weighted by Gasteiger charge is 2.32. The summed E-state index contributed by atoms with van der Waals surface area (Å²) in [5.41, 5.74) is 2.30. The van der Waals surface area contributed by atoms with Crippen molar-refractivity contribution in [2.75, 3.05) is 6.54 Å². The van der Waals surface area contributed by atoms with Crippen molar-refractivity contribution < 1.29 is 4.52 Å². The zero-order valence-corrected chi connectivity index (χ0v) is 13.2. The third-order valence-corrected chi connectivity index (χ3v) is 4.31. The van der Waals surface area contributed by atoms with Gasteiger partial charge in [0, 0.05) is 11.7 Å². The average Bonchev–Trinajstić information content (AvgIpc) is 3.12. The van der Waals surface area contributed by atoms with Crippen molar-refractivity contribution in [2.45, 2.75) is 59.2 Å². The van der Waals surface area contributed by atoms with Crippen LogP contribution in [-0.2, 0) is 6.54 Å². The molecule has 0 spiro atoms. The number of hydrogen-bond acceptors (Lipinski definition) is 5. The van der Waals surface area contributed by atoms with Crippen LogP contribution in [0.4, 0.5) is 0 Å². The molecule has 0 unspecified atom stereocenters. The summed E-state index contributed by atoms with van der Waals surface area (Å²) in [6.07, 6.45) is 2.40. The van der Waals surface area contributed by atoms with Crippen molar-refractivity contribution in [1.82, 2.24) is 24.8 Å². The number of rotatable bonds is 4. The van der Waals surface area contributed by atoms with E-state index in [1.54, 1.807) is 0 Å². The fraction of sp³-hybridized carbons (Fsp3) is 0.667. The third-order valence-electron chi connectivity index (χ3n) is 4.31. The van der Waals surface area contributed by atoms with E-state index in [4.69, 9.17) is 4.52 Å². The molecule has 114 valence electrons. The van der Waals surface area contributed by atoms with Crippen LogP contribution in [0.2, 0.25) is 0 Å². The Hall–Kier alpha value is -1.69. The molecule has 0 amide bonds. The predicted molar refractivity (Wildman–Crippen MR) is 78.9 cm³/mol. The van der Waals surface area contributed by atoms with Crippen molar-refractivity contribution in [3.63, 3.8) is 0 Å². The van der Waals surface area contributed by atoms with Crippen LogP contribution in [0.15, 0.2) is 10.6 Å². The second-order valence-electron chi connectivity index (χ2n) is 6.00. The maximum Gasteiger partial charge on any atom is 0.243 e. The van der Waals surface area contributed by atoms with Crippen LogP contribution in [0.1, 0.15) is 48.9 Å². The van der Waals surface area contributed by atoms with Gasteiger partial charge in [-0.25, -0.2) is 0 Å². The highest BCUT2D eigenvalue weighted by Crippen LogP contribution is 2.29. The molecule has 2 aromatic heterocycles. The van der Waals surface area contributed by atoms with Crippen LogP contribution in [0.3, 0.4) is 0 Å². The van der Waals surface area contributed by atoms with Gasteiger partial charge in [-0.3, -0.25) is 9.58 Å². The van der Waals surface area contributed by atoms with Gasteiger partial charge in [0.15, 0.2) is 5.82 Å². The van der Waals surface area contributed by atoms with E-state index in [1.807, 2.05) is 13.8 Å². The Morgan fingerprint density at radius 3 is 2.81 bits per heavy atom. The van der Waals surface area contributed by atoms with Gasteiger partial charge < -0.3 is 4.52 Å². The topological polar surface area (TPSA) is 60.0 Å². The number of aryl methyl sites for hydroxylation is 3. The van der Waals surface area contributed by atoms with Gasteiger partial charge in [0.2, 0.25) is 5.89 Å². The summed E-state index contributed by atoms with van der Waals surface area (Å²) in [7, 11) is 0. The lowest BCUT2D eigenvalue weighted by atomic mass is 10.2. The minimum atomic E-state index is 0.163. The van der Waals surface area contributed by atoms with Gasteiger partial charge in [-0.1, -0.05) is 5.16 Å². The average molecular weight is 289 g/mol. The molecule has 0 aliphatic carbocycles. The van der Waals surface area contributed by atoms with E-state index < -0.39 is 0 Å². The lowest BCUT2D eigenvalue weighted by Gasteiger charge is -2.28. The summed E-state index contributed by atoms with van der Waals surface area (Å²) < 4.78 is 7.45. The van der Waals surface area contributed by atoms with Gasteiger partial charge in [-0.05, 0) is 53.1 Å². The Kier molecular flexibility index (Phi) is 3.80. The Balaban J connectivity index is 1.74. The first-order valence-electron chi connectivity index (χ1n) is 7.61. The van der Waals surface area contributed by atoms with Crippen LogP contribution in [0.25, 0.3) is 0 Å². The molecule has 0 aromatic carbocycles. The number of hydrogen-bond donors (Lipinski definition) is 0. The maximum atomic E-state index is 5.34. The quantitative estimate of drug-likeness (QED) is 0.865. The standard InChI is InChI=1S/C15H23N5O/c1-10-8-11(2)20(17-10)9-14-6-5-7-19(14)12(3)15-16-13(4)18-21-15/h8,12,14H,5-7,9H2,1-4H3/t12-,14-/m0/s1. The van der Waals surface area contributed by atoms with Crippen molar-refractivity contribution in [3.05, 3.63) is 29.2 Å². The van der Waals surface area contributed by atoms with Crippen LogP contribution < -0.4 is 0 Å². The first-order valence-corrected chi connectivity index (χ1v) is 7.61. The smallest absolute Gasteiger partial charge is 0.243 e. The van der Waals surface area contributed by atoms with Gasteiger partial charge in [0.25, 0.3) is 0 Å². The molecule has 0 N–H and O–H groups in total. The van der Waals surface area contributed by atoms with Gasteiger partial charge in [-0.15, -0.1) is 0 Å². The number of nitrogens with zero attached hydrogens (tertiary/aromatic N) is 5. The molecule has 1 aliphatic heterocycles. The highest BCUT2D eigenvalue weighted by molar-refractivity contribution is 5.07. The van der Waals surface area contributed by atoms with E-state index in [2.05, 4.69) is 44.7 Å². The summed E-state index contributed by atoms with van der Waals surface area (Å²) in [4.78, 5) is 6.84. The molecule has 1 fully saturated rings. The molecular weight excluding hydrogens is 266 g/mol.